The molecule has 0 heterocycles. The fourth-order valence-corrected chi connectivity index (χ4v) is 2.11. The van der Waals surface area contributed by atoms with Crippen LogP contribution in [0.5, 0.6) is 0 Å². The second kappa shape index (κ2) is 5.05. The molecule has 96 valence electrons. The summed E-state index contributed by atoms with van der Waals surface area (Å²) in [6, 6.07) is 0. The lowest BCUT2D eigenvalue weighted by molar-refractivity contribution is 0.0913. The van der Waals surface area contributed by atoms with Gasteiger partial charge in [-0.05, 0) is 44.6 Å². The van der Waals surface area contributed by atoms with Gasteiger partial charge in [0.15, 0.2) is 0 Å². The molecule has 0 bridgehead atoms. The zero-order valence-electron chi connectivity index (χ0n) is 11.8. The SMILES string of the molecule is CCN(CC1CCC1)CC(C)(C)C(C)(C)N. The monoisotopic (exact) mass is 226 g/mol. The summed E-state index contributed by atoms with van der Waals surface area (Å²) >= 11 is 0. The lowest BCUT2D eigenvalue weighted by Crippen LogP contribution is -2.53. The summed E-state index contributed by atoms with van der Waals surface area (Å²) in [6.07, 6.45) is 4.31. The molecule has 0 saturated heterocycles. The standard InChI is InChI=1S/C14H30N2/c1-6-16(10-12-8-7-9-12)11-13(2,3)14(4,5)15/h12H,6-11,15H2,1-5H3. The van der Waals surface area contributed by atoms with Crippen LogP contribution in [0, 0.1) is 11.3 Å². The fraction of sp³-hybridized carbons (Fsp3) is 1.00. The molecule has 0 aromatic heterocycles. The van der Waals surface area contributed by atoms with Gasteiger partial charge in [-0.15, -0.1) is 0 Å². The van der Waals surface area contributed by atoms with E-state index in [9.17, 15) is 0 Å². The Morgan fingerprint density at radius 1 is 1.19 bits per heavy atom. The Morgan fingerprint density at radius 2 is 1.75 bits per heavy atom. The normalized spacial score (nSPS) is 18.9. The van der Waals surface area contributed by atoms with Crippen LogP contribution in [-0.4, -0.2) is 30.1 Å². The lowest BCUT2D eigenvalue weighted by Gasteiger charge is -2.43. The van der Waals surface area contributed by atoms with E-state index in [1.54, 1.807) is 0 Å². The first-order chi connectivity index (χ1) is 7.26. The van der Waals surface area contributed by atoms with Crippen molar-refractivity contribution in [3.05, 3.63) is 0 Å². The van der Waals surface area contributed by atoms with Crippen molar-refractivity contribution in [3.8, 4) is 0 Å². The minimum absolute atomic E-state index is 0.111. The third-order valence-electron chi connectivity index (χ3n) is 4.55. The van der Waals surface area contributed by atoms with E-state index < -0.39 is 0 Å². The number of nitrogens with zero attached hydrogens (tertiary/aromatic N) is 1. The highest BCUT2D eigenvalue weighted by Gasteiger charge is 2.35. The topological polar surface area (TPSA) is 29.3 Å². The van der Waals surface area contributed by atoms with Crippen molar-refractivity contribution < 1.29 is 0 Å². The van der Waals surface area contributed by atoms with E-state index in [4.69, 9.17) is 5.73 Å². The Bertz CT molecular complexity index is 211. The Balaban J connectivity index is 2.47. The molecule has 1 fully saturated rings. The van der Waals surface area contributed by atoms with Gasteiger partial charge >= 0.3 is 0 Å². The zero-order chi connectivity index (χ0) is 12.4. The van der Waals surface area contributed by atoms with Crippen LogP contribution in [-0.2, 0) is 0 Å². The first-order valence-electron chi connectivity index (χ1n) is 6.77. The summed E-state index contributed by atoms with van der Waals surface area (Å²) < 4.78 is 0. The molecular formula is C14H30N2. The van der Waals surface area contributed by atoms with E-state index in [1.807, 2.05) is 0 Å². The first kappa shape index (κ1) is 14.0. The van der Waals surface area contributed by atoms with E-state index >= 15 is 0 Å². The second-order valence-electron chi connectivity index (χ2n) is 6.73. The van der Waals surface area contributed by atoms with Crippen molar-refractivity contribution >= 4 is 0 Å². The number of hydrogen-bond acceptors (Lipinski definition) is 2. The lowest BCUT2D eigenvalue weighted by atomic mass is 9.74. The molecule has 2 heteroatoms. The van der Waals surface area contributed by atoms with Crippen LogP contribution in [0.1, 0.15) is 53.9 Å². The van der Waals surface area contributed by atoms with Crippen molar-refractivity contribution in [1.82, 2.24) is 4.90 Å². The third kappa shape index (κ3) is 3.46. The highest BCUT2D eigenvalue weighted by atomic mass is 15.1. The van der Waals surface area contributed by atoms with Gasteiger partial charge in [0.05, 0.1) is 0 Å². The quantitative estimate of drug-likeness (QED) is 0.754. The maximum Gasteiger partial charge on any atom is 0.0161 e. The van der Waals surface area contributed by atoms with E-state index in [1.165, 1.54) is 25.8 Å². The van der Waals surface area contributed by atoms with Crippen molar-refractivity contribution in [2.24, 2.45) is 17.1 Å². The van der Waals surface area contributed by atoms with Gasteiger partial charge in [-0.25, -0.2) is 0 Å². The molecule has 0 amide bonds. The largest absolute Gasteiger partial charge is 0.325 e. The van der Waals surface area contributed by atoms with Gasteiger partial charge in [-0.1, -0.05) is 27.2 Å². The molecule has 16 heavy (non-hydrogen) atoms. The molecule has 0 spiro atoms. The predicted octanol–water partition coefficient (Wildman–Crippen LogP) is 2.87. The highest BCUT2D eigenvalue weighted by Crippen LogP contribution is 2.32. The average molecular weight is 226 g/mol. The van der Waals surface area contributed by atoms with Crippen molar-refractivity contribution in [1.29, 1.82) is 0 Å². The molecule has 0 aliphatic heterocycles. The number of rotatable bonds is 6. The third-order valence-corrected chi connectivity index (χ3v) is 4.55. The fourth-order valence-electron chi connectivity index (χ4n) is 2.11. The van der Waals surface area contributed by atoms with Gasteiger partial charge in [0.1, 0.15) is 0 Å². The van der Waals surface area contributed by atoms with E-state index in [2.05, 4.69) is 39.5 Å². The van der Waals surface area contributed by atoms with Crippen LogP contribution in [0.3, 0.4) is 0 Å². The molecule has 1 aliphatic carbocycles. The molecular weight excluding hydrogens is 196 g/mol. The van der Waals surface area contributed by atoms with Gasteiger partial charge in [-0.2, -0.15) is 0 Å². The van der Waals surface area contributed by atoms with Crippen molar-refractivity contribution in [2.75, 3.05) is 19.6 Å². The highest BCUT2D eigenvalue weighted by molar-refractivity contribution is 4.92. The molecule has 0 unspecified atom stereocenters. The van der Waals surface area contributed by atoms with E-state index in [-0.39, 0.29) is 11.0 Å². The number of hydrogen-bond donors (Lipinski definition) is 1. The minimum atomic E-state index is -0.111. The summed E-state index contributed by atoms with van der Waals surface area (Å²) in [4.78, 5) is 2.58. The van der Waals surface area contributed by atoms with Gasteiger partial charge in [0, 0.05) is 18.6 Å². The van der Waals surface area contributed by atoms with Gasteiger partial charge in [-0.3, -0.25) is 0 Å². The van der Waals surface area contributed by atoms with Gasteiger partial charge < -0.3 is 10.6 Å². The van der Waals surface area contributed by atoms with Crippen LogP contribution >= 0.6 is 0 Å². The van der Waals surface area contributed by atoms with E-state index in [0.29, 0.717) is 0 Å². The summed E-state index contributed by atoms with van der Waals surface area (Å²) in [5.74, 6) is 0.955. The Kier molecular flexibility index (Phi) is 4.42. The Morgan fingerprint density at radius 3 is 2.06 bits per heavy atom. The maximum atomic E-state index is 6.27. The molecule has 2 N–H and O–H groups in total. The van der Waals surface area contributed by atoms with Crippen LogP contribution in [0.2, 0.25) is 0 Å². The Labute approximate surface area is 102 Å². The van der Waals surface area contributed by atoms with E-state index in [0.717, 1.165) is 19.0 Å². The zero-order valence-corrected chi connectivity index (χ0v) is 11.8. The molecule has 2 nitrogen and oxygen atoms in total. The first-order valence-corrected chi connectivity index (χ1v) is 6.77. The molecule has 0 radical (unpaired) electrons. The Hall–Kier alpha value is -0.0800. The summed E-state index contributed by atoms with van der Waals surface area (Å²) in [6.45, 7) is 14.7. The smallest absolute Gasteiger partial charge is 0.0161 e. The molecule has 0 aromatic carbocycles. The van der Waals surface area contributed by atoms with Crippen LogP contribution in [0.15, 0.2) is 0 Å². The van der Waals surface area contributed by atoms with Crippen LogP contribution in [0.25, 0.3) is 0 Å². The molecule has 0 atom stereocenters. The maximum absolute atomic E-state index is 6.27. The second-order valence-corrected chi connectivity index (χ2v) is 6.73. The summed E-state index contributed by atoms with van der Waals surface area (Å²) in [5, 5.41) is 0. The molecule has 1 rings (SSSR count). The van der Waals surface area contributed by atoms with Crippen LogP contribution in [0.4, 0.5) is 0 Å². The predicted molar refractivity (Wildman–Crippen MR) is 71.5 cm³/mol. The molecule has 1 saturated carbocycles. The summed E-state index contributed by atoms with van der Waals surface area (Å²) in [5.41, 5.74) is 6.33. The van der Waals surface area contributed by atoms with Crippen molar-refractivity contribution in [2.45, 2.75) is 59.4 Å². The van der Waals surface area contributed by atoms with Gasteiger partial charge in [0.25, 0.3) is 0 Å². The van der Waals surface area contributed by atoms with Crippen LogP contribution < -0.4 is 5.73 Å². The average Bonchev–Trinajstić information content (AvgIpc) is 2.06. The molecule has 0 aromatic rings. The van der Waals surface area contributed by atoms with Crippen molar-refractivity contribution in [3.63, 3.8) is 0 Å². The summed E-state index contributed by atoms with van der Waals surface area (Å²) in [7, 11) is 0. The minimum Gasteiger partial charge on any atom is -0.325 e. The van der Waals surface area contributed by atoms with Gasteiger partial charge in [0.2, 0.25) is 0 Å². The molecule has 1 aliphatic rings. The number of nitrogens with two attached hydrogens (primary N) is 1.